The van der Waals surface area contributed by atoms with Crippen molar-refractivity contribution >= 4 is 28.4 Å². The lowest BCUT2D eigenvalue weighted by atomic mass is 9.91. The Balaban J connectivity index is 1.89. The third-order valence-corrected chi connectivity index (χ3v) is 4.85. The van der Waals surface area contributed by atoms with E-state index in [4.69, 9.17) is 4.74 Å². The van der Waals surface area contributed by atoms with Crippen LogP contribution in [0.3, 0.4) is 0 Å². The van der Waals surface area contributed by atoms with Crippen molar-refractivity contribution in [3.8, 4) is 5.88 Å². The zero-order valence-corrected chi connectivity index (χ0v) is 16.2. The van der Waals surface area contributed by atoms with Gasteiger partial charge in [-0.3, -0.25) is 9.79 Å². The fraction of sp³-hybridized carbons (Fsp3) is 0.263. The van der Waals surface area contributed by atoms with Crippen LogP contribution in [0.5, 0.6) is 5.88 Å². The number of benzene rings is 1. The van der Waals surface area contributed by atoms with Crippen molar-refractivity contribution in [2.24, 2.45) is 4.99 Å². The van der Waals surface area contributed by atoms with Crippen LogP contribution >= 0.6 is 11.8 Å². The average molecular weight is 386 g/mol. The summed E-state index contributed by atoms with van der Waals surface area (Å²) in [6, 6.07) is 4.42. The standard InChI is InChI=1S/C19H19FN4O2S/c1-11-8-19(3,24-12(2)27-11)14-7-13(5-6-15(14)20)23-18(25)16-9-22-17(26-4)10-21-16/h5-10H,1-4H3,(H,23,25). The van der Waals surface area contributed by atoms with Crippen molar-refractivity contribution in [1.82, 2.24) is 9.97 Å². The van der Waals surface area contributed by atoms with Gasteiger partial charge in [-0.1, -0.05) is 11.8 Å². The molecular weight excluding hydrogens is 367 g/mol. The first-order valence-corrected chi connectivity index (χ1v) is 9.03. The van der Waals surface area contributed by atoms with Gasteiger partial charge in [0.05, 0.1) is 24.5 Å². The number of hydrogen-bond acceptors (Lipinski definition) is 6. The predicted molar refractivity (Wildman–Crippen MR) is 105 cm³/mol. The van der Waals surface area contributed by atoms with Gasteiger partial charge in [0, 0.05) is 11.3 Å². The molecule has 1 aromatic heterocycles. The first-order chi connectivity index (χ1) is 12.8. The van der Waals surface area contributed by atoms with Gasteiger partial charge < -0.3 is 10.1 Å². The number of aromatic nitrogens is 2. The number of nitrogens with zero attached hydrogens (tertiary/aromatic N) is 3. The monoisotopic (exact) mass is 386 g/mol. The third kappa shape index (κ3) is 4.16. The number of halogens is 1. The van der Waals surface area contributed by atoms with Crippen LogP contribution in [0.25, 0.3) is 0 Å². The molecule has 0 spiro atoms. The molecule has 0 saturated carbocycles. The van der Waals surface area contributed by atoms with Crippen LogP contribution < -0.4 is 10.1 Å². The Hall–Kier alpha value is -2.74. The molecule has 6 nitrogen and oxygen atoms in total. The third-order valence-electron chi connectivity index (χ3n) is 4.02. The molecule has 2 aromatic rings. The predicted octanol–water partition coefficient (Wildman–Crippen LogP) is 4.16. The highest BCUT2D eigenvalue weighted by molar-refractivity contribution is 8.17. The van der Waals surface area contributed by atoms with Gasteiger partial charge in [0.25, 0.3) is 5.91 Å². The van der Waals surface area contributed by atoms with Gasteiger partial charge in [-0.15, -0.1) is 0 Å². The number of nitrogens with one attached hydrogen (secondary N) is 1. The summed E-state index contributed by atoms with van der Waals surface area (Å²) in [5, 5.41) is 3.58. The highest BCUT2D eigenvalue weighted by Gasteiger charge is 2.30. The Bertz CT molecular complexity index is 923. The number of ether oxygens (including phenoxy) is 1. The summed E-state index contributed by atoms with van der Waals surface area (Å²) in [5.74, 6) is -0.514. The van der Waals surface area contributed by atoms with Gasteiger partial charge in [-0.05, 0) is 50.0 Å². The fourth-order valence-corrected chi connectivity index (χ4v) is 3.89. The second-order valence-electron chi connectivity index (χ2n) is 6.23. The van der Waals surface area contributed by atoms with Crippen LogP contribution in [0.2, 0.25) is 0 Å². The van der Waals surface area contributed by atoms with Crippen molar-refractivity contribution in [1.29, 1.82) is 0 Å². The van der Waals surface area contributed by atoms with E-state index in [1.807, 2.05) is 26.8 Å². The molecule has 27 heavy (non-hydrogen) atoms. The molecule has 0 aliphatic carbocycles. The Labute approximate surface area is 161 Å². The summed E-state index contributed by atoms with van der Waals surface area (Å²) in [5.41, 5.74) is 0.142. The molecule has 2 heterocycles. The van der Waals surface area contributed by atoms with E-state index in [1.54, 1.807) is 17.8 Å². The summed E-state index contributed by atoms with van der Waals surface area (Å²) >= 11 is 1.55. The molecule has 1 aromatic carbocycles. The number of amides is 1. The Morgan fingerprint density at radius 1 is 1.26 bits per heavy atom. The van der Waals surface area contributed by atoms with Crippen molar-refractivity contribution in [2.45, 2.75) is 26.3 Å². The van der Waals surface area contributed by atoms with E-state index in [0.717, 1.165) is 9.95 Å². The van der Waals surface area contributed by atoms with Gasteiger partial charge in [-0.2, -0.15) is 0 Å². The van der Waals surface area contributed by atoms with Gasteiger partial charge in [0.15, 0.2) is 0 Å². The maximum atomic E-state index is 14.5. The summed E-state index contributed by atoms with van der Waals surface area (Å²) in [4.78, 5) is 26.0. The Morgan fingerprint density at radius 3 is 2.67 bits per heavy atom. The first-order valence-electron chi connectivity index (χ1n) is 8.22. The molecule has 8 heteroatoms. The largest absolute Gasteiger partial charge is 0.480 e. The minimum absolute atomic E-state index is 0.131. The number of methoxy groups -OCH3 is 1. The van der Waals surface area contributed by atoms with E-state index < -0.39 is 11.4 Å². The number of carbonyl (C=O) groups excluding carboxylic acids is 1. The van der Waals surface area contributed by atoms with Gasteiger partial charge in [0.2, 0.25) is 5.88 Å². The molecule has 0 radical (unpaired) electrons. The van der Waals surface area contributed by atoms with Crippen LogP contribution in [0, 0.1) is 5.82 Å². The molecule has 1 aliphatic rings. The normalized spacial score (nSPS) is 19.1. The van der Waals surface area contributed by atoms with E-state index >= 15 is 0 Å². The minimum Gasteiger partial charge on any atom is -0.480 e. The SMILES string of the molecule is COc1cnc(C(=O)Nc2ccc(F)c(C3(C)C=C(C)SC(C)=N3)c2)cn1. The molecule has 1 amide bonds. The molecule has 0 bridgehead atoms. The summed E-state index contributed by atoms with van der Waals surface area (Å²) in [6.45, 7) is 5.71. The molecule has 0 saturated heterocycles. The highest BCUT2D eigenvalue weighted by atomic mass is 32.2. The topological polar surface area (TPSA) is 76.5 Å². The maximum absolute atomic E-state index is 14.5. The smallest absolute Gasteiger partial charge is 0.275 e. The van der Waals surface area contributed by atoms with Crippen molar-refractivity contribution < 1.29 is 13.9 Å². The molecule has 1 aliphatic heterocycles. The summed E-state index contributed by atoms with van der Waals surface area (Å²) < 4.78 is 19.5. The number of hydrogen-bond donors (Lipinski definition) is 1. The van der Waals surface area contributed by atoms with Crippen LogP contribution in [0.15, 0.2) is 46.6 Å². The molecule has 3 rings (SSSR count). The number of rotatable bonds is 4. The number of allylic oxidation sites excluding steroid dienone is 1. The lowest BCUT2D eigenvalue weighted by Gasteiger charge is -2.28. The lowest BCUT2D eigenvalue weighted by Crippen LogP contribution is -2.23. The molecule has 140 valence electrons. The number of aliphatic imine (C=N–C) groups is 1. The van der Waals surface area contributed by atoms with E-state index in [1.165, 1.54) is 31.6 Å². The molecule has 1 N–H and O–H groups in total. The highest BCUT2D eigenvalue weighted by Crippen LogP contribution is 2.38. The number of thioether (sulfide) groups is 1. The van der Waals surface area contributed by atoms with E-state index in [9.17, 15) is 9.18 Å². The summed E-state index contributed by atoms with van der Waals surface area (Å²) in [6.07, 6.45) is 4.60. The van der Waals surface area contributed by atoms with Gasteiger partial charge >= 0.3 is 0 Å². The molecule has 0 fully saturated rings. The molecule has 1 atom stereocenters. The van der Waals surface area contributed by atoms with Crippen molar-refractivity contribution in [3.05, 3.63) is 58.6 Å². The first kappa shape index (κ1) is 19.0. The second-order valence-corrected chi connectivity index (χ2v) is 7.67. The second kappa shape index (κ2) is 7.48. The van der Waals surface area contributed by atoms with E-state index in [2.05, 4.69) is 20.3 Å². The van der Waals surface area contributed by atoms with E-state index in [-0.39, 0.29) is 11.5 Å². The summed E-state index contributed by atoms with van der Waals surface area (Å²) in [7, 11) is 1.47. The quantitative estimate of drug-likeness (QED) is 0.854. The van der Waals surface area contributed by atoms with Crippen molar-refractivity contribution in [3.63, 3.8) is 0 Å². The zero-order valence-electron chi connectivity index (χ0n) is 15.4. The van der Waals surface area contributed by atoms with Gasteiger partial charge in [0.1, 0.15) is 17.1 Å². The van der Waals surface area contributed by atoms with Crippen LogP contribution in [-0.2, 0) is 5.54 Å². The van der Waals surface area contributed by atoms with Gasteiger partial charge in [-0.25, -0.2) is 14.4 Å². The van der Waals surface area contributed by atoms with Crippen LogP contribution in [-0.4, -0.2) is 28.0 Å². The van der Waals surface area contributed by atoms with Crippen LogP contribution in [0.4, 0.5) is 10.1 Å². The number of carbonyl (C=O) groups is 1. The molecule has 1 unspecified atom stereocenters. The van der Waals surface area contributed by atoms with Crippen molar-refractivity contribution in [2.75, 3.05) is 12.4 Å². The zero-order chi connectivity index (χ0) is 19.6. The van der Waals surface area contributed by atoms with Crippen LogP contribution in [0.1, 0.15) is 36.8 Å². The number of anilines is 1. The minimum atomic E-state index is -0.829. The fourth-order valence-electron chi connectivity index (χ4n) is 2.90. The van der Waals surface area contributed by atoms with E-state index in [0.29, 0.717) is 17.1 Å². The molecular formula is C19H19FN4O2S. The lowest BCUT2D eigenvalue weighted by molar-refractivity contribution is 0.102. The Morgan fingerprint density at radius 2 is 2.04 bits per heavy atom. The maximum Gasteiger partial charge on any atom is 0.275 e. The average Bonchev–Trinajstić information content (AvgIpc) is 2.62. The Kier molecular flexibility index (Phi) is 5.27.